The van der Waals surface area contributed by atoms with Gasteiger partial charge in [-0.05, 0) is 59.2 Å². The summed E-state index contributed by atoms with van der Waals surface area (Å²) in [5.41, 5.74) is 8.61. The van der Waals surface area contributed by atoms with Gasteiger partial charge in [0.2, 0.25) is 17.7 Å². The molecule has 1 aliphatic heterocycles. The third-order valence-corrected chi connectivity index (χ3v) is 6.83. The number of aromatic nitrogens is 4. The van der Waals surface area contributed by atoms with E-state index < -0.39 is 6.04 Å². The maximum absolute atomic E-state index is 13.4. The quantitative estimate of drug-likeness (QED) is 0.330. The SMILES string of the molecule is CN=Cc1cc(NC(=O)C(CC2CC2)N2CC(=O)N(c3cc(Cl)ccc3-n3cnnn3)CC2=O)ccc1N. The van der Waals surface area contributed by atoms with E-state index in [-0.39, 0.29) is 30.8 Å². The normalized spacial score (nSPS) is 16.8. The lowest BCUT2D eigenvalue weighted by molar-refractivity contribution is -0.144. The number of tetrazole rings is 1. The number of aliphatic imine (C=N–C) groups is 1. The summed E-state index contributed by atoms with van der Waals surface area (Å²) in [6.07, 6.45) is 5.45. The van der Waals surface area contributed by atoms with Crippen LogP contribution in [0, 0.1) is 5.92 Å². The molecule has 1 aliphatic carbocycles. The van der Waals surface area contributed by atoms with Gasteiger partial charge in [-0.2, -0.15) is 4.68 Å². The predicted molar refractivity (Wildman–Crippen MR) is 142 cm³/mol. The van der Waals surface area contributed by atoms with Crippen molar-refractivity contribution >= 4 is 52.6 Å². The van der Waals surface area contributed by atoms with Crippen LogP contribution in [0.25, 0.3) is 5.69 Å². The molecule has 1 unspecified atom stereocenters. The number of rotatable bonds is 8. The topological polar surface area (TPSA) is 152 Å². The Morgan fingerprint density at radius 2 is 2.00 bits per heavy atom. The van der Waals surface area contributed by atoms with E-state index >= 15 is 0 Å². The molecule has 2 aromatic carbocycles. The van der Waals surface area contributed by atoms with Crippen LogP contribution in [0.4, 0.5) is 17.1 Å². The molecular weight excluding hydrogens is 510 g/mol. The molecule has 38 heavy (non-hydrogen) atoms. The van der Waals surface area contributed by atoms with Crippen molar-refractivity contribution in [3.05, 3.63) is 53.3 Å². The summed E-state index contributed by atoms with van der Waals surface area (Å²) in [7, 11) is 1.63. The van der Waals surface area contributed by atoms with Gasteiger partial charge in [-0.25, -0.2) is 0 Å². The van der Waals surface area contributed by atoms with Crippen LogP contribution in [0.15, 0.2) is 47.7 Å². The largest absolute Gasteiger partial charge is 0.398 e. The van der Waals surface area contributed by atoms with Gasteiger partial charge in [-0.15, -0.1) is 5.10 Å². The molecule has 13 heteroatoms. The van der Waals surface area contributed by atoms with E-state index in [2.05, 4.69) is 25.8 Å². The summed E-state index contributed by atoms with van der Waals surface area (Å²) in [6, 6.07) is 9.22. The zero-order valence-electron chi connectivity index (χ0n) is 20.6. The molecule has 0 radical (unpaired) electrons. The number of nitrogen functional groups attached to an aromatic ring is 1. The van der Waals surface area contributed by atoms with Crippen LogP contribution in [-0.2, 0) is 14.4 Å². The highest BCUT2D eigenvalue weighted by Gasteiger charge is 2.41. The monoisotopic (exact) mass is 535 g/mol. The molecule has 196 valence electrons. The van der Waals surface area contributed by atoms with Gasteiger partial charge in [0.25, 0.3) is 0 Å². The highest BCUT2D eigenvalue weighted by Crippen LogP contribution is 2.36. The van der Waals surface area contributed by atoms with Crippen molar-refractivity contribution in [1.82, 2.24) is 25.1 Å². The van der Waals surface area contributed by atoms with Crippen molar-refractivity contribution in [2.24, 2.45) is 10.9 Å². The summed E-state index contributed by atoms with van der Waals surface area (Å²) in [5, 5.41) is 14.5. The Hall–Kier alpha value is -4.32. The minimum Gasteiger partial charge on any atom is -0.398 e. The fourth-order valence-electron chi connectivity index (χ4n) is 4.49. The predicted octanol–water partition coefficient (Wildman–Crippen LogP) is 1.93. The van der Waals surface area contributed by atoms with Crippen molar-refractivity contribution in [1.29, 1.82) is 0 Å². The van der Waals surface area contributed by atoms with Gasteiger partial charge in [0.05, 0.1) is 11.4 Å². The number of carbonyl (C=O) groups is 3. The Morgan fingerprint density at radius 1 is 1.18 bits per heavy atom. The van der Waals surface area contributed by atoms with Gasteiger partial charge in [0.15, 0.2) is 0 Å². The zero-order chi connectivity index (χ0) is 26.8. The standard InChI is InChI=1S/C25H26ClN9O3/c1-28-11-16-9-18(5-6-19(16)27)30-25(38)22(8-15-2-3-15)34-13-23(36)33(12-24(34)37)21-10-17(26)4-7-20(21)35-14-29-31-32-35/h4-7,9-11,14-15,22H,2-3,8,12-13,27H2,1H3,(H,30,38). The molecule has 1 saturated carbocycles. The molecule has 3 amide bonds. The third kappa shape index (κ3) is 5.35. The minimum absolute atomic E-state index is 0.248. The average molecular weight is 536 g/mol. The van der Waals surface area contributed by atoms with Crippen LogP contribution in [0.1, 0.15) is 24.8 Å². The van der Waals surface area contributed by atoms with E-state index in [1.54, 1.807) is 49.7 Å². The van der Waals surface area contributed by atoms with E-state index in [9.17, 15) is 14.4 Å². The molecule has 1 atom stereocenters. The molecular formula is C25H26ClN9O3. The molecule has 0 bridgehead atoms. The third-order valence-electron chi connectivity index (χ3n) is 6.60. The molecule has 2 aliphatic rings. The van der Waals surface area contributed by atoms with Crippen molar-refractivity contribution < 1.29 is 14.4 Å². The van der Waals surface area contributed by atoms with Crippen LogP contribution < -0.4 is 16.0 Å². The number of amides is 3. The van der Waals surface area contributed by atoms with Gasteiger partial charge in [0.1, 0.15) is 25.5 Å². The van der Waals surface area contributed by atoms with E-state index in [1.807, 2.05) is 0 Å². The summed E-state index contributed by atoms with van der Waals surface area (Å²) in [6.45, 7) is -0.498. The lowest BCUT2D eigenvalue weighted by Crippen LogP contribution is -2.59. The van der Waals surface area contributed by atoms with Gasteiger partial charge >= 0.3 is 0 Å². The first kappa shape index (κ1) is 25.3. The maximum Gasteiger partial charge on any atom is 0.247 e. The van der Waals surface area contributed by atoms with E-state index in [1.165, 1.54) is 20.8 Å². The number of hydrogen-bond acceptors (Lipinski definition) is 8. The second-order valence-corrected chi connectivity index (χ2v) is 9.74. The van der Waals surface area contributed by atoms with Crippen LogP contribution >= 0.6 is 11.6 Å². The number of carbonyl (C=O) groups excluding carboxylic acids is 3. The van der Waals surface area contributed by atoms with Crippen molar-refractivity contribution in [3.8, 4) is 5.69 Å². The van der Waals surface area contributed by atoms with Crippen molar-refractivity contribution in [2.75, 3.05) is 36.1 Å². The molecule has 2 fully saturated rings. The van der Waals surface area contributed by atoms with Crippen LogP contribution in [-0.4, -0.2) is 75.2 Å². The smallest absolute Gasteiger partial charge is 0.247 e. The van der Waals surface area contributed by atoms with E-state index in [0.717, 1.165) is 12.8 Å². The summed E-state index contributed by atoms with van der Waals surface area (Å²) >= 11 is 6.22. The van der Waals surface area contributed by atoms with Gasteiger partial charge in [-0.1, -0.05) is 24.4 Å². The average Bonchev–Trinajstić information content (AvgIpc) is 3.55. The number of anilines is 3. The fraction of sp³-hybridized carbons (Fsp3) is 0.320. The Labute approximate surface area is 223 Å². The van der Waals surface area contributed by atoms with Gasteiger partial charge in [0, 0.05) is 35.2 Å². The molecule has 1 saturated heterocycles. The van der Waals surface area contributed by atoms with Crippen molar-refractivity contribution in [2.45, 2.75) is 25.3 Å². The fourth-order valence-corrected chi connectivity index (χ4v) is 4.66. The van der Waals surface area contributed by atoms with Crippen LogP contribution in [0.2, 0.25) is 5.02 Å². The summed E-state index contributed by atoms with van der Waals surface area (Å²) < 4.78 is 1.39. The van der Waals surface area contributed by atoms with Crippen molar-refractivity contribution in [3.63, 3.8) is 0 Å². The molecule has 5 rings (SSSR count). The lowest BCUT2D eigenvalue weighted by Gasteiger charge is -2.38. The first-order chi connectivity index (χ1) is 18.3. The number of nitrogens with two attached hydrogens (primary N) is 1. The number of benzene rings is 2. The highest BCUT2D eigenvalue weighted by molar-refractivity contribution is 6.31. The first-order valence-electron chi connectivity index (χ1n) is 12.1. The molecule has 12 nitrogen and oxygen atoms in total. The molecule has 3 N–H and O–H groups in total. The Balaban J connectivity index is 1.38. The Kier molecular flexibility index (Phi) is 7.05. The second-order valence-electron chi connectivity index (χ2n) is 9.30. The lowest BCUT2D eigenvalue weighted by atomic mass is 10.0. The molecule has 2 heterocycles. The van der Waals surface area contributed by atoms with Crippen LogP contribution in [0.5, 0.6) is 0 Å². The number of nitrogens with one attached hydrogen (secondary N) is 1. The minimum atomic E-state index is -0.791. The number of halogens is 1. The summed E-state index contributed by atoms with van der Waals surface area (Å²) in [5.74, 6) is -0.708. The van der Waals surface area contributed by atoms with Gasteiger partial charge < -0.3 is 16.0 Å². The molecule has 0 spiro atoms. The number of piperazine rings is 1. The number of nitrogens with zero attached hydrogens (tertiary/aromatic N) is 7. The maximum atomic E-state index is 13.4. The number of hydrogen-bond donors (Lipinski definition) is 2. The van der Waals surface area contributed by atoms with Crippen LogP contribution in [0.3, 0.4) is 0 Å². The second kappa shape index (κ2) is 10.6. The molecule has 3 aromatic rings. The first-order valence-corrected chi connectivity index (χ1v) is 12.5. The summed E-state index contributed by atoms with van der Waals surface area (Å²) in [4.78, 5) is 47.0. The highest BCUT2D eigenvalue weighted by atomic mass is 35.5. The Bertz CT molecular complexity index is 1410. The Morgan fingerprint density at radius 3 is 2.71 bits per heavy atom. The van der Waals surface area contributed by atoms with E-state index in [4.69, 9.17) is 17.3 Å². The molecule has 1 aromatic heterocycles. The van der Waals surface area contributed by atoms with Gasteiger partial charge in [-0.3, -0.25) is 24.3 Å². The van der Waals surface area contributed by atoms with E-state index in [0.29, 0.717) is 45.7 Å². The zero-order valence-corrected chi connectivity index (χ0v) is 21.4.